The van der Waals surface area contributed by atoms with Crippen LogP contribution in [0.3, 0.4) is 0 Å². The highest BCUT2D eigenvalue weighted by molar-refractivity contribution is 14.0. The first-order valence-electron chi connectivity index (χ1n) is 9.28. The van der Waals surface area contributed by atoms with Crippen molar-refractivity contribution in [3.63, 3.8) is 0 Å². The van der Waals surface area contributed by atoms with E-state index in [9.17, 15) is 0 Å². The molecule has 0 spiro atoms. The Morgan fingerprint density at radius 2 is 1.97 bits per heavy atom. The lowest BCUT2D eigenvalue weighted by molar-refractivity contribution is 0.340. The Hall–Kier alpha value is -2.62. The molecular formula is C21H27IN6O. The summed E-state index contributed by atoms with van der Waals surface area (Å²) in [5.74, 6) is 2.51. The number of rotatable bonds is 7. The van der Waals surface area contributed by atoms with Crippen LogP contribution in [0.5, 0.6) is 5.75 Å². The number of nitrogens with zero attached hydrogens (tertiary/aromatic N) is 5. The van der Waals surface area contributed by atoms with Crippen molar-refractivity contribution < 1.29 is 4.74 Å². The zero-order chi connectivity index (χ0) is 19.8. The third-order valence-corrected chi connectivity index (χ3v) is 4.23. The summed E-state index contributed by atoms with van der Waals surface area (Å²) in [6.07, 6.45) is 5.41. The molecule has 3 aromatic rings. The van der Waals surface area contributed by atoms with E-state index in [1.54, 1.807) is 24.1 Å². The Morgan fingerprint density at radius 1 is 1.17 bits per heavy atom. The Labute approximate surface area is 188 Å². The van der Waals surface area contributed by atoms with Gasteiger partial charge in [0.05, 0.1) is 6.61 Å². The maximum absolute atomic E-state index is 5.50. The minimum atomic E-state index is 0. The van der Waals surface area contributed by atoms with Crippen LogP contribution in [0.1, 0.15) is 18.1 Å². The minimum absolute atomic E-state index is 0. The van der Waals surface area contributed by atoms with E-state index in [0.717, 1.165) is 29.6 Å². The number of nitrogens with one attached hydrogen (secondary N) is 1. The molecule has 1 aromatic carbocycles. The van der Waals surface area contributed by atoms with Gasteiger partial charge in [0.25, 0.3) is 0 Å². The molecule has 154 valence electrons. The van der Waals surface area contributed by atoms with E-state index in [-0.39, 0.29) is 24.0 Å². The van der Waals surface area contributed by atoms with Crippen molar-refractivity contribution in [3.8, 4) is 11.6 Å². The molecule has 2 aromatic heterocycles. The lowest BCUT2D eigenvalue weighted by atomic mass is 10.2. The van der Waals surface area contributed by atoms with Crippen molar-refractivity contribution >= 4 is 29.9 Å². The highest BCUT2D eigenvalue weighted by Gasteiger charge is 2.08. The van der Waals surface area contributed by atoms with Crippen molar-refractivity contribution in [3.05, 3.63) is 72.2 Å². The first kappa shape index (κ1) is 22.7. The fraction of sp³-hybridized carbons (Fsp3) is 0.286. The Morgan fingerprint density at radius 3 is 2.62 bits per heavy atom. The van der Waals surface area contributed by atoms with Crippen molar-refractivity contribution in [2.45, 2.75) is 20.0 Å². The first-order chi connectivity index (χ1) is 13.7. The number of ether oxygens (including phenoxy) is 1. The van der Waals surface area contributed by atoms with Crippen LogP contribution in [0.25, 0.3) is 5.82 Å². The van der Waals surface area contributed by atoms with Crippen LogP contribution < -0.4 is 10.1 Å². The van der Waals surface area contributed by atoms with Gasteiger partial charge in [-0.3, -0.25) is 4.99 Å². The van der Waals surface area contributed by atoms with E-state index in [1.165, 1.54) is 5.56 Å². The second kappa shape index (κ2) is 11.4. The van der Waals surface area contributed by atoms with E-state index in [0.29, 0.717) is 13.2 Å². The van der Waals surface area contributed by atoms with E-state index in [4.69, 9.17) is 4.74 Å². The molecule has 0 bridgehead atoms. The number of guanidine groups is 1. The van der Waals surface area contributed by atoms with Crippen LogP contribution in [0.4, 0.5) is 0 Å². The molecule has 0 aliphatic rings. The predicted molar refractivity (Wildman–Crippen MR) is 126 cm³/mol. The molecule has 8 heteroatoms. The fourth-order valence-electron chi connectivity index (χ4n) is 2.87. The zero-order valence-electron chi connectivity index (χ0n) is 16.9. The molecule has 0 aliphatic heterocycles. The maximum atomic E-state index is 5.50. The molecule has 0 radical (unpaired) electrons. The summed E-state index contributed by atoms with van der Waals surface area (Å²) in [7, 11) is 3.81. The van der Waals surface area contributed by atoms with Gasteiger partial charge in [-0.1, -0.05) is 12.1 Å². The molecule has 0 atom stereocenters. The number of hydrogen-bond acceptors (Lipinski definition) is 4. The van der Waals surface area contributed by atoms with E-state index < -0.39 is 0 Å². The Balaban J connectivity index is 0.00000300. The molecule has 0 saturated heterocycles. The summed E-state index contributed by atoms with van der Waals surface area (Å²) in [4.78, 5) is 10.8. The third kappa shape index (κ3) is 6.45. The molecular weight excluding hydrogens is 479 g/mol. The average Bonchev–Trinajstić information content (AvgIpc) is 3.25. The molecule has 0 aliphatic carbocycles. The van der Waals surface area contributed by atoms with Gasteiger partial charge in [-0.05, 0) is 48.4 Å². The van der Waals surface area contributed by atoms with Crippen LogP contribution in [0.2, 0.25) is 0 Å². The SMILES string of the molecule is CCOc1ccc(CN(C)C(=NC)NCc2ccnc(-n3cccn3)c2)cc1.I. The monoisotopic (exact) mass is 506 g/mol. The number of pyridine rings is 1. The molecule has 3 rings (SSSR count). The standard InChI is InChI=1S/C21H26N6O.HI/c1-4-28-19-8-6-17(7-9-19)16-26(3)21(22-2)24-15-18-10-12-23-20(14-18)27-13-5-11-25-27;/h5-14H,4,15-16H2,1-3H3,(H,22,24);1H. The van der Waals surface area contributed by atoms with Crippen molar-refractivity contribution in [2.75, 3.05) is 20.7 Å². The highest BCUT2D eigenvalue weighted by atomic mass is 127. The largest absolute Gasteiger partial charge is 0.494 e. The Kier molecular flexibility index (Phi) is 8.91. The molecule has 29 heavy (non-hydrogen) atoms. The van der Waals surface area contributed by atoms with Crippen molar-refractivity contribution in [1.29, 1.82) is 0 Å². The quantitative estimate of drug-likeness (QED) is 0.302. The first-order valence-corrected chi connectivity index (χ1v) is 9.28. The van der Waals surface area contributed by atoms with Crippen LogP contribution in [-0.4, -0.2) is 46.3 Å². The summed E-state index contributed by atoms with van der Waals surface area (Å²) in [6, 6.07) is 14.0. The average molecular weight is 506 g/mol. The molecule has 0 unspecified atom stereocenters. The summed E-state index contributed by atoms with van der Waals surface area (Å²) in [5.41, 5.74) is 2.30. The third-order valence-electron chi connectivity index (χ3n) is 4.23. The molecule has 0 saturated carbocycles. The van der Waals surface area contributed by atoms with Crippen molar-refractivity contribution in [2.24, 2.45) is 4.99 Å². The lowest BCUT2D eigenvalue weighted by Gasteiger charge is -2.22. The van der Waals surface area contributed by atoms with Gasteiger partial charge in [0, 0.05) is 45.8 Å². The van der Waals surface area contributed by atoms with Gasteiger partial charge in [0.15, 0.2) is 11.8 Å². The van der Waals surface area contributed by atoms with Gasteiger partial charge in [-0.15, -0.1) is 24.0 Å². The van der Waals surface area contributed by atoms with E-state index in [2.05, 4.69) is 37.4 Å². The van der Waals surface area contributed by atoms with Crippen LogP contribution in [-0.2, 0) is 13.1 Å². The Bertz CT molecular complexity index is 896. The maximum Gasteiger partial charge on any atom is 0.193 e. The summed E-state index contributed by atoms with van der Waals surface area (Å²) >= 11 is 0. The van der Waals surface area contributed by atoms with Gasteiger partial charge in [0.1, 0.15) is 5.75 Å². The highest BCUT2D eigenvalue weighted by Crippen LogP contribution is 2.13. The number of aliphatic imine (C=N–C) groups is 1. The normalized spacial score (nSPS) is 10.9. The summed E-state index contributed by atoms with van der Waals surface area (Å²) in [6.45, 7) is 4.06. The molecule has 0 amide bonds. The fourth-order valence-corrected chi connectivity index (χ4v) is 2.87. The van der Waals surface area contributed by atoms with Gasteiger partial charge < -0.3 is 15.0 Å². The van der Waals surface area contributed by atoms with Gasteiger partial charge in [-0.2, -0.15) is 5.10 Å². The number of halogens is 1. The smallest absolute Gasteiger partial charge is 0.193 e. The van der Waals surface area contributed by atoms with E-state index in [1.807, 2.05) is 50.5 Å². The number of benzene rings is 1. The van der Waals surface area contributed by atoms with Crippen LogP contribution in [0.15, 0.2) is 66.0 Å². The molecule has 2 heterocycles. The second-order valence-corrected chi connectivity index (χ2v) is 6.31. The van der Waals surface area contributed by atoms with Crippen molar-refractivity contribution in [1.82, 2.24) is 25.0 Å². The van der Waals surface area contributed by atoms with Crippen LogP contribution in [0, 0.1) is 0 Å². The number of hydrogen-bond donors (Lipinski definition) is 1. The minimum Gasteiger partial charge on any atom is -0.494 e. The van der Waals surface area contributed by atoms with Gasteiger partial charge in [0.2, 0.25) is 0 Å². The molecule has 1 N–H and O–H groups in total. The zero-order valence-corrected chi connectivity index (χ0v) is 19.3. The van der Waals surface area contributed by atoms with Gasteiger partial charge >= 0.3 is 0 Å². The number of aromatic nitrogens is 3. The van der Waals surface area contributed by atoms with E-state index >= 15 is 0 Å². The lowest BCUT2D eigenvalue weighted by Crippen LogP contribution is -2.38. The van der Waals surface area contributed by atoms with Crippen LogP contribution >= 0.6 is 24.0 Å². The predicted octanol–water partition coefficient (Wildman–Crippen LogP) is 3.49. The second-order valence-electron chi connectivity index (χ2n) is 6.31. The molecule has 0 fully saturated rings. The summed E-state index contributed by atoms with van der Waals surface area (Å²) < 4.78 is 7.24. The topological polar surface area (TPSA) is 67.6 Å². The van der Waals surface area contributed by atoms with Gasteiger partial charge in [-0.25, -0.2) is 9.67 Å². The molecule has 7 nitrogen and oxygen atoms in total. The summed E-state index contributed by atoms with van der Waals surface area (Å²) in [5, 5.41) is 7.63.